The first kappa shape index (κ1) is 22.0. The Morgan fingerprint density at radius 3 is 2.22 bits per heavy atom. The second-order valence-electron chi connectivity index (χ2n) is 10.1. The van der Waals surface area contributed by atoms with E-state index in [2.05, 4.69) is 20.3 Å². The van der Waals surface area contributed by atoms with E-state index in [0.717, 1.165) is 50.1 Å². The molecule has 1 N–H and O–H groups in total. The second-order valence-corrected chi connectivity index (χ2v) is 10.1. The van der Waals surface area contributed by atoms with Crippen molar-refractivity contribution in [1.82, 2.24) is 15.0 Å². The van der Waals surface area contributed by atoms with Gasteiger partial charge in [0.1, 0.15) is 0 Å². The number of piperidine rings is 1. The summed E-state index contributed by atoms with van der Waals surface area (Å²) >= 11 is 0. The van der Waals surface area contributed by atoms with Crippen molar-refractivity contribution in [2.75, 3.05) is 43.1 Å². The first-order chi connectivity index (χ1) is 15.4. The highest BCUT2D eigenvalue weighted by Gasteiger charge is 2.51. The third-order valence-electron chi connectivity index (χ3n) is 7.38. The highest BCUT2D eigenvalue weighted by atomic mass is 19.4. The topological polar surface area (TPSA) is 72.4 Å². The molecular formula is C22H32F3N5O2. The van der Waals surface area contributed by atoms with Crippen molar-refractivity contribution in [2.45, 2.75) is 69.6 Å². The number of aromatic nitrogens is 3. The summed E-state index contributed by atoms with van der Waals surface area (Å²) in [5.41, 5.74) is 0.0233. The summed E-state index contributed by atoms with van der Waals surface area (Å²) in [5.74, 6) is 3.04. The molecule has 0 aromatic carbocycles. The first-order valence-corrected chi connectivity index (χ1v) is 11.9. The fourth-order valence-electron chi connectivity index (χ4n) is 6.51. The molecule has 4 saturated carbocycles. The molecule has 1 aromatic rings. The van der Waals surface area contributed by atoms with E-state index in [4.69, 9.17) is 9.47 Å². The van der Waals surface area contributed by atoms with Crippen LogP contribution in [0.15, 0.2) is 0 Å². The van der Waals surface area contributed by atoms with Crippen LogP contribution in [0.2, 0.25) is 0 Å². The number of nitrogens with zero attached hydrogens (tertiary/aromatic N) is 4. The van der Waals surface area contributed by atoms with Crippen molar-refractivity contribution >= 4 is 11.9 Å². The molecule has 1 aliphatic heterocycles. The lowest BCUT2D eigenvalue weighted by atomic mass is 9.54. The summed E-state index contributed by atoms with van der Waals surface area (Å²) < 4.78 is 49.1. The molecule has 7 nitrogen and oxygen atoms in total. The lowest BCUT2D eigenvalue weighted by Gasteiger charge is -2.56. The maximum atomic E-state index is 12.6. The van der Waals surface area contributed by atoms with Gasteiger partial charge in [0.05, 0.1) is 12.2 Å². The van der Waals surface area contributed by atoms with E-state index < -0.39 is 12.8 Å². The molecule has 6 rings (SSSR count). The van der Waals surface area contributed by atoms with Gasteiger partial charge in [-0.25, -0.2) is 0 Å². The smallest absolute Gasteiger partial charge is 0.422 e. The van der Waals surface area contributed by atoms with Crippen molar-refractivity contribution < 1.29 is 22.6 Å². The van der Waals surface area contributed by atoms with Gasteiger partial charge in [0.25, 0.3) is 0 Å². The second kappa shape index (κ2) is 8.83. The Hall–Kier alpha value is -1.84. The van der Waals surface area contributed by atoms with Crippen LogP contribution in [0.3, 0.4) is 0 Å². The number of rotatable bonds is 8. The Labute approximate surface area is 186 Å². The number of alkyl halides is 3. The van der Waals surface area contributed by atoms with Crippen LogP contribution < -0.4 is 15.0 Å². The molecule has 0 unspecified atom stereocenters. The molecule has 5 fully saturated rings. The standard InChI is InChI=1S/C22H32F3N5O2/c23-22(24,25)14-31-20-28-18(27-19(29-20)30-5-2-1-3-6-30)26-4-7-32-21-11-15-8-16(12-21)10-17(9-15)13-21/h15-17H,1-14H2,(H,26,27,28,29). The highest BCUT2D eigenvalue weighted by molar-refractivity contribution is 5.38. The molecule has 1 saturated heterocycles. The quantitative estimate of drug-likeness (QED) is 0.589. The van der Waals surface area contributed by atoms with Crippen molar-refractivity contribution in [3.8, 4) is 6.01 Å². The minimum atomic E-state index is -4.45. The fourth-order valence-corrected chi connectivity index (χ4v) is 6.51. The molecule has 1 aromatic heterocycles. The Balaban J connectivity index is 1.20. The molecule has 0 amide bonds. The summed E-state index contributed by atoms with van der Waals surface area (Å²) in [4.78, 5) is 14.6. The van der Waals surface area contributed by atoms with Crippen LogP contribution in [0.4, 0.5) is 25.1 Å². The number of halogens is 3. The Bertz CT molecular complexity index is 765. The van der Waals surface area contributed by atoms with Crippen LogP contribution in [-0.2, 0) is 4.74 Å². The molecule has 0 radical (unpaired) electrons. The molecular weight excluding hydrogens is 423 g/mol. The predicted octanol–water partition coefficient (Wildman–Crippen LogP) is 4.20. The zero-order valence-electron chi connectivity index (χ0n) is 18.4. The molecule has 2 heterocycles. The van der Waals surface area contributed by atoms with Crippen LogP contribution in [0.5, 0.6) is 6.01 Å². The normalized spacial score (nSPS) is 31.7. The van der Waals surface area contributed by atoms with Crippen molar-refractivity contribution in [3.05, 3.63) is 0 Å². The minimum Gasteiger partial charge on any atom is -0.454 e. The number of ether oxygens (including phenoxy) is 2. The molecule has 4 bridgehead atoms. The van der Waals surface area contributed by atoms with Gasteiger partial charge in [-0.2, -0.15) is 28.1 Å². The van der Waals surface area contributed by atoms with Gasteiger partial charge in [0, 0.05) is 19.6 Å². The van der Waals surface area contributed by atoms with Crippen LogP contribution in [0.25, 0.3) is 0 Å². The predicted molar refractivity (Wildman–Crippen MR) is 113 cm³/mol. The van der Waals surface area contributed by atoms with Crippen LogP contribution in [0.1, 0.15) is 57.8 Å². The van der Waals surface area contributed by atoms with E-state index in [9.17, 15) is 13.2 Å². The molecule has 178 valence electrons. The van der Waals surface area contributed by atoms with Crippen molar-refractivity contribution in [1.29, 1.82) is 0 Å². The summed E-state index contributed by atoms with van der Waals surface area (Å²) in [7, 11) is 0. The summed E-state index contributed by atoms with van der Waals surface area (Å²) in [5, 5.41) is 3.12. The summed E-state index contributed by atoms with van der Waals surface area (Å²) in [6.45, 7) is 1.14. The van der Waals surface area contributed by atoms with Gasteiger partial charge in [-0.1, -0.05) is 0 Å². The van der Waals surface area contributed by atoms with Gasteiger partial charge in [-0.15, -0.1) is 0 Å². The third-order valence-corrected chi connectivity index (χ3v) is 7.38. The van der Waals surface area contributed by atoms with E-state index in [1.807, 2.05) is 4.90 Å². The molecule has 4 aliphatic carbocycles. The lowest BCUT2D eigenvalue weighted by molar-refractivity contribution is -0.159. The number of hydrogen-bond donors (Lipinski definition) is 1. The Kier molecular flexibility index (Phi) is 6.07. The highest BCUT2D eigenvalue weighted by Crippen LogP contribution is 2.57. The van der Waals surface area contributed by atoms with Crippen LogP contribution >= 0.6 is 0 Å². The first-order valence-electron chi connectivity index (χ1n) is 11.9. The Morgan fingerprint density at radius 2 is 1.59 bits per heavy atom. The van der Waals surface area contributed by atoms with Gasteiger partial charge in [-0.3, -0.25) is 0 Å². The maximum absolute atomic E-state index is 12.6. The lowest BCUT2D eigenvalue weighted by Crippen LogP contribution is -2.52. The largest absolute Gasteiger partial charge is 0.454 e. The molecule has 0 atom stereocenters. The van der Waals surface area contributed by atoms with Gasteiger partial charge in [0.15, 0.2) is 6.61 Å². The average Bonchev–Trinajstić information content (AvgIpc) is 2.74. The number of nitrogens with one attached hydrogen (secondary N) is 1. The zero-order chi connectivity index (χ0) is 22.2. The van der Waals surface area contributed by atoms with Gasteiger partial charge < -0.3 is 19.7 Å². The van der Waals surface area contributed by atoms with Crippen molar-refractivity contribution in [3.63, 3.8) is 0 Å². The number of anilines is 2. The average molecular weight is 456 g/mol. The van der Waals surface area contributed by atoms with E-state index in [0.29, 0.717) is 19.1 Å². The van der Waals surface area contributed by atoms with Crippen molar-refractivity contribution in [2.24, 2.45) is 17.8 Å². The number of hydrogen-bond acceptors (Lipinski definition) is 7. The zero-order valence-corrected chi connectivity index (χ0v) is 18.4. The molecule has 5 aliphatic rings. The van der Waals surface area contributed by atoms with Crippen LogP contribution in [-0.4, -0.2) is 59.6 Å². The van der Waals surface area contributed by atoms with Gasteiger partial charge in [0.2, 0.25) is 11.9 Å². The molecule has 0 spiro atoms. The molecule has 32 heavy (non-hydrogen) atoms. The maximum Gasteiger partial charge on any atom is 0.422 e. The van der Waals surface area contributed by atoms with E-state index in [-0.39, 0.29) is 17.6 Å². The van der Waals surface area contributed by atoms with Crippen LogP contribution in [0, 0.1) is 17.8 Å². The third kappa shape index (κ3) is 5.21. The van der Waals surface area contributed by atoms with Gasteiger partial charge in [-0.05, 0) is 75.5 Å². The summed E-state index contributed by atoms with van der Waals surface area (Å²) in [6.07, 6.45) is 6.29. The minimum absolute atomic E-state index is 0.0233. The fraction of sp³-hybridized carbons (Fsp3) is 0.864. The van der Waals surface area contributed by atoms with Gasteiger partial charge >= 0.3 is 12.2 Å². The monoisotopic (exact) mass is 455 g/mol. The van der Waals surface area contributed by atoms with E-state index in [1.54, 1.807) is 0 Å². The Morgan fingerprint density at radius 1 is 0.938 bits per heavy atom. The summed E-state index contributed by atoms with van der Waals surface area (Å²) in [6, 6.07) is -0.303. The SMILES string of the molecule is FC(F)(F)COc1nc(NCCOC23CC4CC(CC(C4)C2)C3)nc(N2CCCCC2)n1. The van der Waals surface area contributed by atoms with E-state index in [1.165, 1.54) is 38.5 Å². The van der Waals surface area contributed by atoms with E-state index >= 15 is 0 Å². The molecule has 10 heteroatoms.